The largest absolute Gasteiger partial charge is 0.465 e. The number of hydrogen-bond acceptors (Lipinski definition) is 5. The third kappa shape index (κ3) is 4.47. The van der Waals surface area contributed by atoms with Crippen LogP contribution in [0.1, 0.15) is 20.3 Å². The summed E-state index contributed by atoms with van der Waals surface area (Å²) in [5.74, 6) is -0.385. The highest BCUT2D eigenvalue weighted by molar-refractivity contribution is 5.86. The number of carbonyl (C=O) groups excluding carboxylic acids is 2. The van der Waals surface area contributed by atoms with Gasteiger partial charge in [-0.2, -0.15) is 0 Å². The molecular weight excluding hydrogens is 248 g/mol. The molecule has 0 aromatic carbocycles. The first-order chi connectivity index (χ1) is 9.03. The van der Waals surface area contributed by atoms with Crippen LogP contribution in [0.4, 0.5) is 0 Å². The third-order valence-electron chi connectivity index (χ3n) is 3.36. The van der Waals surface area contributed by atoms with Gasteiger partial charge in [-0.3, -0.25) is 9.59 Å². The fourth-order valence-electron chi connectivity index (χ4n) is 2.20. The lowest BCUT2D eigenvalue weighted by atomic mass is 9.88. The van der Waals surface area contributed by atoms with Crippen molar-refractivity contribution in [2.45, 2.75) is 20.3 Å². The van der Waals surface area contributed by atoms with Gasteiger partial charge in [0.1, 0.15) is 6.54 Å². The predicted octanol–water partition coefficient (Wildman–Crippen LogP) is 0.0241. The van der Waals surface area contributed by atoms with Gasteiger partial charge in [-0.15, -0.1) is 0 Å². The van der Waals surface area contributed by atoms with Crippen molar-refractivity contribution >= 4 is 11.9 Å². The van der Waals surface area contributed by atoms with Crippen LogP contribution in [0.25, 0.3) is 0 Å². The van der Waals surface area contributed by atoms with Crippen LogP contribution in [0.2, 0.25) is 0 Å². The molecule has 19 heavy (non-hydrogen) atoms. The summed E-state index contributed by atoms with van der Waals surface area (Å²) in [4.78, 5) is 25.6. The number of nitrogens with zero attached hydrogens (tertiary/aromatic N) is 1. The van der Waals surface area contributed by atoms with Crippen LogP contribution >= 0.6 is 0 Å². The third-order valence-corrected chi connectivity index (χ3v) is 3.36. The van der Waals surface area contributed by atoms with Crippen LogP contribution in [0.15, 0.2) is 0 Å². The topological polar surface area (TPSA) is 67.9 Å². The van der Waals surface area contributed by atoms with Crippen LogP contribution in [0.5, 0.6) is 0 Å². The smallest absolute Gasteiger partial charge is 0.325 e. The van der Waals surface area contributed by atoms with Crippen molar-refractivity contribution < 1.29 is 19.1 Å². The zero-order valence-electron chi connectivity index (χ0n) is 12.0. The van der Waals surface area contributed by atoms with Gasteiger partial charge in [-0.1, -0.05) is 0 Å². The lowest BCUT2D eigenvalue weighted by molar-refractivity contribution is -0.152. The van der Waals surface area contributed by atoms with E-state index in [0.29, 0.717) is 26.3 Å². The maximum absolute atomic E-state index is 12.5. The second-order valence-corrected chi connectivity index (χ2v) is 5.01. The minimum Gasteiger partial charge on any atom is -0.465 e. The number of nitrogens with one attached hydrogen (secondary N) is 1. The van der Waals surface area contributed by atoms with E-state index in [1.807, 2.05) is 6.92 Å². The first-order valence-corrected chi connectivity index (χ1v) is 6.68. The number of methoxy groups -OCH3 is 1. The number of carbonyl (C=O) groups is 2. The molecule has 0 bridgehead atoms. The molecule has 1 fully saturated rings. The quantitative estimate of drug-likeness (QED) is 0.662. The molecular formula is C13H24N2O4. The Labute approximate surface area is 114 Å². The highest BCUT2D eigenvalue weighted by Gasteiger charge is 2.39. The molecule has 0 spiro atoms. The summed E-state index contributed by atoms with van der Waals surface area (Å²) in [7, 11) is 1.58. The molecule has 0 aromatic rings. The van der Waals surface area contributed by atoms with Gasteiger partial charge in [0, 0.05) is 20.2 Å². The summed E-state index contributed by atoms with van der Waals surface area (Å²) in [6, 6.07) is 0. The molecule has 1 saturated heterocycles. The van der Waals surface area contributed by atoms with Crippen molar-refractivity contribution in [3.8, 4) is 0 Å². The molecule has 1 unspecified atom stereocenters. The zero-order chi connectivity index (χ0) is 14.3. The van der Waals surface area contributed by atoms with Crippen LogP contribution in [-0.4, -0.2) is 63.3 Å². The molecule has 0 radical (unpaired) electrons. The first-order valence-electron chi connectivity index (χ1n) is 6.68. The van der Waals surface area contributed by atoms with Crippen LogP contribution in [-0.2, 0) is 19.1 Å². The Kier molecular flexibility index (Phi) is 6.24. The molecule has 1 rings (SSSR count). The van der Waals surface area contributed by atoms with Crippen LogP contribution < -0.4 is 5.32 Å². The molecule has 0 aromatic heterocycles. The normalized spacial score (nSPS) is 22.3. The van der Waals surface area contributed by atoms with E-state index < -0.39 is 5.41 Å². The van der Waals surface area contributed by atoms with Gasteiger partial charge in [0.2, 0.25) is 5.91 Å². The van der Waals surface area contributed by atoms with Gasteiger partial charge < -0.3 is 19.7 Å². The predicted molar refractivity (Wildman–Crippen MR) is 70.7 cm³/mol. The fraction of sp³-hybridized carbons (Fsp3) is 0.846. The Morgan fingerprint density at radius 2 is 2.16 bits per heavy atom. The van der Waals surface area contributed by atoms with E-state index in [4.69, 9.17) is 9.47 Å². The van der Waals surface area contributed by atoms with Gasteiger partial charge in [0.15, 0.2) is 0 Å². The van der Waals surface area contributed by atoms with Gasteiger partial charge in [-0.25, -0.2) is 0 Å². The fourth-order valence-corrected chi connectivity index (χ4v) is 2.20. The van der Waals surface area contributed by atoms with Gasteiger partial charge in [0.05, 0.1) is 18.6 Å². The second-order valence-electron chi connectivity index (χ2n) is 5.01. The van der Waals surface area contributed by atoms with Crippen molar-refractivity contribution in [3.05, 3.63) is 0 Å². The average Bonchev–Trinajstić information content (AvgIpc) is 2.82. The number of rotatable bonds is 7. The maximum Gasteiger partial charge on any atom is 0.325 e. The Hall–Kier alpha value is -1.14. The maximum atomic E-state index is 12.5. The molecule has 110 valence electrons. The molecule has 6 heteroatoms. The number of ether oxygens (including phenoxy) is 2. The molecule has 1 aliphatic heterocycles. The lowest BCUT2D eigenvalue weighted by Crippen LogP contribution is -2.47. The molecule has 6 nitrogen and oxygen atoms in total. The number of amides is 1. The van der Waals surface area contributed by atoms with Gasteiger partial charge in [0.25, 0.3) is 0 Å². The van der Waals surface area contributed by atoms with Crippen molar-refractivity contribution in [1.82, 2.24) is 10.2 Å². The number of esters is 1. The monoisotopic (exact) mass is 272 g/mol. The lowest BCUT2D eigenvalue weighted by Gasteiger charge is -2.30. The molecule has 0 aliphatic carbocycles. The molecule has 1 heterocycles. The van der Waals surface area contributed by atoms with Crippen molar-refractivity contribution in [2.75, 3.05) is 46.5 Å². The van der Waals surface area contributed by atoms with Gasteiger partial charge >= 0.3 is 5.97 Å². The minimum atomic E-state index is -0.430. The number of hydrogen-bond donors (Lipinski definition) is 1. The van der Waals surface area contributed by atoms with E-state index in [2.05, 4.69) is 5.32 Å². The molecule has 0 saturated carbocycles. The summed E-state index contributed by atoms with van der Waals surface area (Å²) in [6.07, 6.45) is 0.790. The second kappa shape index (κ2) is 7.45. The highest BCUT2D eigenvalue weighted by Crippen LogP contribution is 2.27. The van der Waals surface area contributed by atoms with Crippen LogP contribution in [0.3, 0.4) is 0 Å². The average molecular weight is 272 g/mol. The first kappa shape index (κ1) is 15.9. The van der Waals surface area contributed by atoms with E-state index in [1.54, 1.807) is 14.0 Å². The molecule has 1 aliphatic rings. The van der Waals surface area contributed by atoms with Crippen molar-refractivity contribution in [2.24, 2.45) is 5.41 Å². The van der Waals surface area contributed by atoms with Crippen molar-refractivity contribution in [1.29, 1.82) is 0 Å². The summed E-state index contributed by atoms with van der Waals surface area (Å²) in [5, 5.41) is 3.19. The summed E-state index contributed by atoms with van der Waals surface area (Å²) >= 11 is 0. The summed E-state index contributed by atoms with van der Waals surface area (Å²) < 4.78 is 9.91. The van der Waals surface area contributed by atoms with Crippen LogP contribution in [0, 0.1) is 5.41 Å². The SMILES string of the molecule is CCOC(=O)CN(CCOC)C(=O)C1(C)CCNC1. The van der Waals surface area contributed by atoms with E-state index in [9.17, 15) is 9.59 Å². The van der Waals surface area contributed by atoms with E-state index in [0.717, 1.165) is 13.0 Å². The molecule has 1 N–H and O–H groups in total. The molecule has 1 atom stereocenters. The van der Waals surface area contributed by atoms with E-state index in [-0.39, 0.29) is 18.4 Å². The van der Waals surface area contributed by atoms with E-state index >= 15 is 0 Å². The Balaban J connectivity index is 2.66. The summed E-state index contributed by atoms with van der Waals surface area (Å²) in [5.41, 5.74) is -0.430. The Bertz CT molecular complexity index is 314. The highest BCUT2D eigenvalue weighted by atomic mass is 16.5. The zero-order valence-corrected chi connectivity index (χ0v) is 12.0. The molecule has 1 amide bonds. The summed E-state index contributed by atoms with van der Waals surface area (Å²) in [6.45, 7) is 6.30. The Morgan fingerprint density at radius 3 is 2.68 bits per heavy atom. The minimum absolute atomic E-state index is 0.00831. The Morgan fingerprint density at radius 1 is 1.42 bits per heavy atom. The van der Waals surface area contributed by atoms with E-state index in [1.165, 1.54) is 4.90 Å². The van der Waals surface area contributed by atoms with Crippen molar-refractivity contribution in [3.63, 3.8) is 0 Å². The standard InChI is InChI=1S/C13H24N2O4/c1-4-19-11(16)9-15(7-8-18-3)12(17)13(2)5-6-14-10-13/h14H,4-10H2,1-3H3. The van der Waals surface area contributed by atoms with Gasteiger partial charge in [-0.05, 0) is 26.8 Å².